The predicted octanol–water partition coefficient (Wildman–Crippen LogP) is 4.63. The number of nitrogens with one attached hydrogen (secondary N) is 1. The molecule has 1 saturated carbocycles. The van der Waals surface area contributed by atoms with Crippen LogP contribution in [0.2, 0.25) is 5.02 Å². The summed E-state index contributed by atoms with van der Waals surface area (Å²) >= 11 is 15.3. The normalized spacial score (nSPS) is 23.1. The van der Waals surface area contributed by atoms with Gasteiger partial charge in [-0.15, -0.1) is 11.6 Å². The Balaban J connectivity index is 1.85. The molecule has 1 aromatic rings. The van der Waals surface area contributed by atoms with Crippen molar-refractivity contribution in [3.63, 3.8) is 0 Å². The minimum Gasteiger partial charge on any atom is -0.352 e. The fourth-order valence-corrected chi connectivity index (χ4v) is 3.05. The molecule has 1 fully saturated rings. The summed E-state index contributed by atoms with van der Waals surface area (Å²) in [7, 11) is 0. The lowest BCUT2D eigenvalue weighted by Crippen LogP contribution is -2.31. The molecule has 0 bridgehead atoms. The molecule has 19 heavy (non-hydrogen) atoms. The van der Waals surface area contributed by atoms with E-state index >= 15 is 0 Å². The molecule has 0 spiro atoms. The summed E-state index contributed by atoms with van der Waals surface area (Å²) in [6, 6.07) is 5.20. The molecule has 104 valence electrons. The number of carbonyl (C=O) groups is 1. The molecule has 0 heterocycles. The summed E-state index contributed by atoms with van der Waals surface area (Å²) in [6.07, 6.45) is 4.29. The highest BCUT2D eigenvalue weighted by Crippen LogP contribution is 2.27. The number of benzene rings is 1. The Hall–Kier alpha value is -0.250. The minimum absolute atomic E-state index is 0.0506. The van der Waals surface area contributed by atoms with Crippen molar-refractivity contribution in [1.82, 2.24) is 5.32 Å². The summed E-state index contributed by atoms with van der Waals surface area (Å²) < 4.78 is 0.740. The van der Waals surface area contributed by atoms with Gasteiger partial charge in [-0.3, -0.25) is 4.79 Å². The van der Waals surface area contributed by atoms with Gasteiger partial charge in [0, 0.05) is 22.0 Å². The van der Waals surface area contributed by atoms with Gasteiger partial charge in [0.25, 0.3) is 5.91 Å². The van der Waals surface area contributed by atoms with Gasteiger partial charge in [0.05, 0.1) is 5.02 Å². The third-order valence-corrected chi connectivity index (χ3v) is 5.16. The first-order chi connectivity index (χ1) is 9.06. The molecular formula is C14H16BrCl2NO. The lowest BCUT2D eigenvalue weighted by Gasteiger charge is -2.25. The second-order valence-electron chi connectivity index (χ2n) is 4.96. The Kier molecular flexibility index (Phi) is 5.55. The van der Waals surface area contributed by atoms with E-state index in [0.29, 0.717) is 21.9 Å². The van der Waals surface area contributed by atoms with E-state index in [1.165, 1.54) is 0 Å². The summed E-state index contributed by atoms with van der Waals surface area (Å²) in [6.45, 7) is 0.725. The maximum Gasteiger partial charge on any atom is 0.251 e. The summed E-state index contributed by atoms with van der Waals surface area (Å²) in [4.78, 5) is 12.0. The molecule has 0 aromatic heterocycles. The van der Waals surface area contributed by atoms with Crippen LogP contribution in [0.25, 0.3) is 0 Å². The van der Waals surface area contributed by atoms with Crippen LogP contribution in [0.15, 0.2) is 22.7 Å². The molecular weight excluding hydrogens is 349 g/mol. The molecule has 0 radical (unpaired) electrons. The van der Waals surface area contributed by atoms with Crippen LogP contribution in [0.5, 0.6) is 0 Å². The highest BCUT2D eigenvalue weighted by Gasteiger charge is 2.20. The fraction of sp³-hybridized carbons (Fsp3) is 0.500. The van der Waals surface area contributed by atoms with Gasteiger partial charge < -0.3 is 5.32 Å². The third-order valence-electron chi connectivity index (χ3n) is 3.51. The van der Waals surface area contributed by atoms with Gasteiger partial charge in [0.15, 0.2) is 0 Å². The van der Waals surface area contributed by atoms with Crippen LogP contribution in [0.3, 0.4) is 0 Å². The molecule has 2 nitrogen and oxygen atoms in total. The monoisotopic (exact) mass is 363 g/mol. The predicted molar refractivity (Wildman–Crippen MR) is 83.1 cm³/mol. The van der Waals surface area contributed by atoms with Gasteiger partial charge >= 0.3 is 0 Å². The molecule has 1 aliphatic rings. The molecule has 1 aromatic carbocycles. The number of hydrogen-bond acceptors (Lipinski definition) is 1. The minimum atomic E-state index is -0.0506. The van der Waals surface area contributed by atoms with Crippen LogP contribution in [-0.2, 0) is 0 Å². The van der Waals surface area contributed by atoms with E-state index in [1.807, 2.05) is 0 Å². The number of hydrogen-bond donors (Lipinski definition) is 1. The lowest BCUT2D eigenvalue weighted by molar-refractivity contribution is 0.0943. The fourth-order valence-electron chi connectivity index (χ4n) is 2.30. The highest BCUT2D eigenvalue weighted by molar-refractivity contribution is 9.10. The lowest BCUT2D eigenvalue weighted by atomic mass is 9.89. The molecule has 5 heteroatoms. The molecule has 0 saturated heterocycles. The topological polar surface area (TPSA) is 29.1 Å². The second-order valence-corrected chi connectivity index (χ2v) is 6.84. The molecule has 1 amide bonds. The highest BCUT2D eigenvalue weighted by atomic mass is 79.9. The van der Waals surface area contributed by atoms with Crippen molar-refractivity contribution in [3.05, 3.63) is 33.3 Å². The molecule has 0 atom stereocenters. The second kappa shape index (κ2) is 6.96. The molecule has 1 aliphatic carbocycles. The van der Waals surface area contributed by atoms with E-state index in [4.69, 9.17) is 23.2 Å². The zero-order valence-electron chi connectivity index (χ0n) is 10.5. The van der Waals surface area contributed by atoms with Crippen molar-refractivity contribution in [1.29, 1.82) is 0 Å². The Morgan fingerprint density at radius 2 is 2.00 bits per heavy atom. The summed E-state index contributed by atoms with van der Waals surface area (Å²) in [5, 5.41) is 3.91. The van der Waals surface area contributed by atoms with Gasteiger partial charge in [-0.25, -0.2) is 0 Å². The van der Waals surface area contributed by atoms with Crippen LogP contribution in [0, 0.1) is 5.92 Å². The molecule has 2 rings (SSSR count). The zero-order chi connectivity index (χ0) is 13.8. The quantitative estimate of drug-likeness (QED) is 0.778. The van der Waals surface area contributed by atoms with Gasteiger partial charge in [0.2, 0.25) is 0 Å². The van der Waals surface area contributed by atoms with Crippen molar-refractivity contribution in [3.8, 4) is 0 Å². The van der Waals surface area contributed by atoms with Gasteiger partial charge in [0.1, 0.15) is 0 Å². The van der Waals surface area contributed by atoms with E-state index in [-0.39, 0.29) is 5.91 Å². The van der Waals surface area contributed by atoms with E-state index in [2.05, 4.69) is 21.2 Å². The van der Waals surface area contributed by atoms with Gasteiger partial charge in [-0.05, 0) is 65.7 Å². The van der Waals surface area contributed by atoms with Gasteiger partial charge in [-0.1, -0.05) is 11.6 Å². The van der Waals surface area contributed by atoms with Gasteiger partial charge in [-0.2, -0.15) is 0 Å². The SMILES string of the molecule is O=C(NCC1CCC(Cl)CC1)c1ccc(Cl)c(Br)c1. The Morgan fingerprint density at radius 1 is 1.32 bits per heavy atom. The maximum absolute atomic E-state index is 12.0. The third kappa shape index (κ3) is 4.37. The Bertz CT molecular complexity index is 459. The van der Waals surface area contributed by atoms with Crippen molar-refractivity contribution in [2.75, 3.05) is 6.54 Å². The molecule has 0 aliphatic heterocycles. The first kappa shape index (κ1) is 15.1. The van der Waals surface area contributed by atoms with Crippen LogP contribution in [0.1, 0.15) is 36.0 Å². The number of halogens is 3. The van der Waals surface area contributed by atoms with E-state index in [9.17, 15) is 4.79 Å². The zero-order valence-corrected chi connectivity index (χ0v) is 13.6. The smallest absolute Gasteiger partial charge is 0.251 e. The van der Waals surface area contributed by atoms with Crippen molar-refractivity contribution < 1.29 is 4.79 Å². The van der Waals surface area contributed by atoms with Crippen LogP contribution in [0.4, 0.5) is 0 Å². The van der Waals surface area contributed by atoms with Crippen LogP contribution in [-0.4, -0.2) is 17.8 Å². The number of amides is 1. The van der Waals surface area contributed by atoms with E-state index < -0.39 is 0 Å². The maximum atomic E-state index is 12.0. The number of alkyl halides is 1. The molecule has 1 N–H and O–H groups in total. The summed E-state index contributed by atoms with van der Waals surface area (Å²) in [5.74, 6) is 0.500. The van der Waals surface area contributed by atoms with Crippen molar-refractivity contribution >= 4 is 45.0 Å². The standard InChI is InChI=1S/C14H16BrCl2NO/c15-12-7-10(3-6-13(12)17)14(19)18-8-9-1-4-11(16)5-2-9/h3,6-7,9,11H,1-2,4-5,8H2,(H,18,19). The van der Waals surface area contributed by atoms with Crippen molar-refractivity contribution in [2.24, 2.45) is 5.92 Å². The first-order valence-corrected chi connectivity index (χ1v) is 8.04. The summed E-state index contributed by atoms with van der Waals surface area (Å²) in [5.41, 5.74) is 0.627. The van der Waals surface area contributed by atoms with Crippen molar-refractivity contribution in [2.45, 2.75) is 31.1 Å². The molecule has 0 unspecified atom stereocenters. The largest absolute Gasteiger partial charge is 0.352 e. The van der Waals surface area contributed by atoms with Crippen LogP contribution >= 0.6 is 39.1 Å². The first-order valence-electron chi connectivity index (χ1n) is 6.43. The van der Waals surface area contributed by atoms with Crippen LogP contribution < -0.4 is 5.32 Å². The average molecular weight is 365 g/mol. The Morgan fingerprint density at radius 3 is 2.63 bits per heavy atom. The van der Waals surface area contributed by atoms with E-state index in [0.717, 1.165) is 36.7 Å². The average Bonchev–Trinajstić information content (AvgIpc) is 2.41. The number of carbonyl (C=O) groups excluding carboxylic acids is 1. The number of rotatable bonds is 3. The Labute approximate surface area is 132 Å². The van der Waals surface area contributed by atoms with E-state index in [1.54, 1.807) is 18.2 Å².